The molecule has 0 saturated heterocycles. The van der Waals surface area contributed by atoms with Crippen molar-refractivity contribution in [1.82, 2.24) is 9.97 Å². The summed E-state index contributed by atoms with van der Waals surface area (Å²) < 4.78 is 13.6. The first-order valence-corrected chi connectivity index (χ1v) is 4.74. The van der Waals surface area contributed by atoms with Crippen molar-refractivity contribution in [2.24, 2.45) is 0 Å². The molecule has 0 aliphatic carbocycles. The van der Waals surface area contributed by atoms with Crippen LogP contribution < -0.4 is 0 Å². The van der Waals surface area contributed by atoms with Crippen LogP contribution in [0.5, 0.6) is 0 Å². The molecule has 0 unspecified atom stereocenters. The van der Waals surface area contributed by atoms with Gasteiger partial charge in [-0.25, -0.2) is 4.98 Å². The van der Waals surface area contributed by atoms with Crippen molar-refractivity contribution in [3.05, 3.63) is 48.3 Å². The molecule has 0 aliphatic rings. The fourth-order valence-corrected chi connectivity index (χ4v) is 1.40. The van der Waals surface area contributed by atoms with E-state index in [1.807, 2.05) is 6.07 Å². The van der Waals surface area contributed by atoms with E-state index in [1.54, 1.807) is 36.7 Å². The molecule has 0 radical (unpaired) electrons. The van der Waals surface area contributed by atoms with Crippen LogP contribution in [0.1, 0.15) is 5.69 Å². The monoisotopic (exact) mass is 213 g/mol. The van der Waals surface area contributed by atoms with Gasteiger partial charge in [-0.1, -0.05) is 0 Å². The summed E-state index contributed by atoms with van der Waals surface area (Å²) in [5.41, 5.74) is 1.59. The molecule has 0 saturated carbocycles. The Morgan fingerprint density at radius 3 is 2.56 bits per heavy atom. The van der Waals surface area contributed by atoms with Gasteiger partial charge in [0.05, 0.1) is 18.2 Å². The molecule has 0 N–H and O–H groups in total. The van der Waals surface area contributed by atoms with Crippen LogP contribution in [-0.2, 0) is 6.42 Å². The number of pyridine rings is 2. The number of hydrogen-bond donors (Lipinski definition) is 0. The summed E-state index contributed by atoms with van der Waals surface area (Å²) in [5.74, 6) is -0.557. The zero-order valence-corrected chi connectivity index (χ0v) is 8.39. The maximum absolute atomic E-state index is 13.6. The van der Waals surface area contributed by atoms with Crippen LogP contribution in [0, 0.1) is 17.3 Å². The maximum Gasteiger partial charge on any atom is 0.221 e. The topological polar surface area (TPSA) is 49.6 Å². The van der Waals surface area contributed by atoms with E-state index in [4.69, 9.17) is 5.26 Å². The van der Waals surface area contributed by atoms with Gasteiger partial charge in [0.2, 0.25) is 5.95 Å². The molecule has 16 heavy (non-hydrogen) atoms. The Balaban J connectivity index is 2.41. The van der Waals surface area contributed by atoms with E-state index in [-0.39, 0.29) is 6.42 Å². The van der Waals surface area contributed by atoms with Crippen LogP contribution >= 0.6 is 0 Å². The first kappa shape index (κ1) is 10.2. The second-order valence-electron chi connectivity index (χ2n) is 3.21. The van der Waals surface area contributed by atoms with Crippen molar-refractivity contribution in [2.45, 2.75) is 6.42 Å². The highest BCUT2D eigenvalue weighted by molar-refractivity contribution is 5.62. The van der Waals surface area contributed by atoms with Crippen LogP contribution in [-0.4, -0.2) is 9.97 Å². The van der Waals surface area contributed by atoms with Gasteiger partial charge in [-0.15, -0.1) is 0 Å². The van der Waals surface area contributed by atoms with Gasteiger partial charge in [0.15, 0.2) is 0 Å². The van der Waals surface area contributed by atoms with Crippen molar-refractivity contribution in [3.8, 4) is 17.2 Å². The summed E-state index contributed by atoms with van der Waals surface area (Å²) >= 11 is 0. The van der Waals surface area contributed by atoms with E-state index >= 15 is 0 Å². The van der Waals surface area contributed by atoms with E-state index in [9.17, 15) is 4.39 Å². The van der Waals surface area contributed by atoms with E-state index in [1.165, 1.54) is 0 Å². The summed E-state index contributed by atoms with van der Waals surface area (Å²) in [7, 11) is 0. The van der Waals surface area contributed by atoms with Crippen LogP contribution in [0.15, 0.2) is 36.7 Å². The molecule has 0 aromatic carbocycles. The molecular formula is C12H8FN3. The van der Waals surface area contributed by atoms with E-state index in [0.29, 0.717) is 11.3 Å². The third kappa shape index (κ3) is 2.04. The van der Waals surface area contributed by atoms with E-state index in [2.05, 4.69) is 9.97 Å². The molecule has 0 atom stereocenters. The predicted octanol–water partition coefficient (Wildman–Crippen LogP) is 2.35. The van der Waals surface area contributed by atoms with Gasteiger partial charge in [-0.3, -0.25) is 4.98 Å². The van der Waals surface area contributed by atoms with Crippen LogP contribution in [0.25, 0.3) is 11.1 Å². The fraction of sp³-hybridized carbons (Fsp3) is 0.0833. The third-order valence-corrected chi connectivity index (χ3v) is 2.16. The van der Waals surface area contributed by atoms with Crippen LogP contribution in [0.4, 0.5) is 4.39 Å². The molecule has 2 aromatic heterocycles. The summed E-state index contributed by atoms with van der Waals surface area (Å²) in [5, 5.41) is 8.48. The number of halogens is 1. The highest BCUT2D eigenvalue weighted by atomic mass is 19.1. The summed E-state index contributed by atoms with van der Waals surface area (Å²) in [4.78, 5) is 7.59. The van der Waals surface area contributed by atoms with Gasteiger partial charge in [0, 0.05) is 18.0 Å². The smallest absolute Gasteiger partial charge is 0.221 e. The molecule has 2 heterocycles. The Hall–Kier alpha value is -2.28. The Labute approximate surface area is 92.2 Å². The van der Waals surface area contributed by atoms with Gasteiger partial charge in [0.1, 0.15) is 0 Å². The summed E-state index contributed by atoms with van der Waals surface area (Å²) in [6.45, 7) is 0. The minimum atomic E-state index is -0.557. The SMILES string of the molecule is N#CCc1ccc(-c2ccncc2)c(F)n1. The largest absolute Gasteiger partial charge is 0.265 e. The highest BCUT2D eigenvalue weighted by Gasteiger charge is 2.06. The summed E-state index contributed by atoms with van der Waals surface area (Å²) in [6.07, 6.45) is 3.31. The Morgan fingerprint density at radius 2 is 1.94 bits per heavy atom. The molecule has 2 rings (SSSR count). The minimum absolute atomic E-state index is 0.119. The number of hydrogen-bond acceptors (Lipinski definition) is 3. The van der Waals surface area contributed by atoms with Crippen LogP contribution in [0.2, 0.25) is 0 Å². The van der Waals surface area contributed by atoms with Gasteiger partial charge in [-0.2, -0.15) is 9.65 Å². The van der Waals surface area contributed by atoms with E-state index < -0.39 is 5.95 Å². The molecule has 4 heteroatoms. The summed E-state index contributed by atoms with van der Waals surface area (Å²) in [6, 6.07) is 8.64. The average Bonchev–Trinajstić information content (AvgIpc) is 2.31. The number of nitrogens with zero attached hydrogens (tertiary/aromatic N) is 3. The van der Waals surface area contributed by atoms with Crippen molar-refractivity contribution in [1.29, 1.82) is 5.26 Å². The lowest BCUT2D eigenvalue weighted by molar-refractivity contribution is 0.582. The minimum Gasteiger partial charge on any atom is -0.265 e. The molecule has 78 valence electrons. The molecular weight excluding hydrogens is 205 g/mol. The Morgan fingerprint density at radius 1 is 1.19 bits per heavy atom. The first-order valence-electron chi connectivity index (χ1n) is 4.74. The maximum atomic E-state index is 13.6. The standard InChI is InChI=1S/C12H8FN3/c13-12-11(9-4-7-15-8-5-9)2-1-10(16-12)3-6-14/h1-2,4-5,7-8H,3H2. The molecule has 0 amide bonds. The third-order valence-electron chi connectivity index (χ3n) is 2.16. The lowest BCUT2D eigenvalue weighted by Gasteiger charge is -2.03. The first-order chi connectivity index (χ1) is 7.81. The van der Waals surface area contributed by atoms with Crippen molar-refractivity contribution < 1.29 is 4.39 Å². The quantitative estimate of drug-likeness (QED) is 0.719. The van der Waals surface area contributed by atoms with Crippen molar-refractivity contribution in [3.63, 3.8) is 0 Å². The van der Waals surface area contributed by atoms with Gasteiger partial charge < -0.3 is 0 Å². The zero-order valence-electron chi connectivity index (χ0n) is 8.39. The fourth-order valence-electron chi connectivity index (χ4n) is 1.40. The molecule has 3 nitrogen and oxygen atoms in total. The second-order valence-corrected chi connectivity index (χ2v) is 3.21. The molecule has 0 aliphatic heterocycles. The Kier molecular flexibility index (Phi) is 2.88. The van der Waals surface area contributed by atoms with E-state index in [0.717, 1.165) is 5.56 Å². The lowest BCUT2D eigenvalue weighted by Crippen LogP contribution is -1.94. The number of aromatic nitrogens is 2. The van der Waals surface area contributed by atoms with Gasteiger partial charge in [-0.05, 0) is 29.8 Å². The molecule has 0 spiro atoms. The molecule has 0 bridgehead atoms. The molecule has 0 fully saturated rings. The lowest BCUT2D eigenvalue weighted by atomic mass is 10.1. The number of nitriles is 1. The average molecular weight is 213 g/mol. The predicted molar refractivity (Wildman–Crippen MR) is 56.7 cm³/mol. The second kappa shape index (κ2) is 4.49. The molecule has 2 aromatic rings. The zero-order chi connectivity index (χ0) is 11.4. The van der Waals surface area contributed by atoms with Gasteiger partial charge >= 0.3 is 0 Å². The highest BCUT2D eigenvalue weighted by Crippen LogP contribution is 2.20. The van der Waals surface area contributed by atoms with Crippen LogP contribution in [0.3, 0.4) is 0 Å². The Bertz CT molecular complexity index is 532. The van der Waals surface area contributed by atoms with Crippen molar-refractivity contribution >= 4 is 0 Å². The van der Waals surface area contributed by atoms with Crippen molar-refractivity contribution in [2.75, 3.05) is 0 Å². The number of rotatable bonds is 2. The van der Waals surface area contributed by atoms with Gasteiger partial charge in [0.25, 0.3) is 0 Å². The normalized spacial score (nSPS) is 9.75.